The van der Waals surface area contributed by atoms with E-state index in [1.165, 1.54) is 29.4 Å². The van der Waals surface area contributed by atoms with Crippen LogP contribution >= 0.6 is 11.8 Å². The first-order valence-electron chi connectivity index (χ1n) is 6.01. The van der Waals surface area contributed by atoms with Crippen LogP contribution in [0.1, 0.15) is 23.2 Å². The van der Waals surface area contributed by atoms with Crippen molar-refractivity contribution >= 4 is 11.8 Å². The zero-order chi connectivity index (χ0) is 12.5. The largest absolute Gasteiger partial charge is 0.326 e. The molecule has 0 atom stereocenters. The van der Waals surface area contributed by atoms with Crippen molar-refractivity contribution in [2.75, 3.05) is 0 Å². The Bertz CT molecular complexity index is 578. The topological polar surface area (TPSA) is 69.6 Å². The van der Waals surface area contributed by atoms with Gasteiger partial charge in [0.15, 0.2) is 5.16 Å². The zero-order valence-corrected chi connectivity index (χ0v) is 11.1. The number of pyridine rings is 1. The molecule has 0 aliphatic heterocycles. The third-order valence-electron chi connectivity index (χ3n) is 3.17. The molecule has 6 heteroatoms. The van der Waals surface area contributed by atoms with Gasteiger partial charge in [-0.05, 0) is 42.2 Å². The normalized spacial score (nSPS) is 13.9. The highest BCUT2D eigenvalue weighted by Crippen LogP contribution is 2.31. The molecule has 0 saturated carbocycles. The third kappa shape index (κ3) is 2.02. The molecular formula is C12H15N5S. The Morgan fingerprint density at radius 1 is 1.44 bits per heavy atom. The second-order valence-corrected chi connectivity index (χ2v) is 5.40. The van der Waals surface area contributed by atoms with Crippen molar-refractivity contribution in [2.24, 2.45) is 12.8 Å². The minimum atomic E-state index is 0.514. The van der Waals surface area contributed by atoms with E-state index in [0.29, 0.717) is 6.54 Å². The number of aryl methyl sites for hydroxylation is 3. The van der Waals surface area contributed by atoms with E-state index in [0.717, 1.165) is 28.6 Å². The number of hydrogen-bond acceptors (Lipinski definition) is 5. The Balaban J connectivity index is 1.98. The number of aromatic nitrogens is 4. The lowest BCUT2D eigenvalue weighted by Crippen LogP contribution is -2.04. The molecule has 94 valence electrons. The second kappa shape index (κ2) is 4.70. The molecule has 0 spiro atoms. The van der Waals surface area contributed by atoms with Crippen molar-refractivity contribution in [3.05, 3.63) is 29.2 Å². The molecule has 2 aromatic rings. The van der Waals surface area contributed by atoms with E-state index in [4.69, 9.17) is 10.7 Å². The lowest BCUT2D eigenvalue weighted by Gasteiger charge is -2.09. The van der Waals surface area contributed by atoms with Gasteiger partial charge in [-0.1, -0.05) is 6.07 Å². The fourth-order valence-electron chi connectivity index (χ4n) is 2.19. The van der Waals surface area contributed by atoms with Gasteiger partial charge in [0, 0.05) is 19.3 Å². The Kier molecular flexibility index (Phi) is 3.05. The predicted molar refractivity (Wildman–Crippen MR) is 69.3 cm³/mol. The van der Waals surface area contributed by atoms with Gasteiger partial charge < -0.3 is 10.3 Å². The summed E-state index contributed by atoms with van der Waals surface area (Å²) < 4.78 is 1.89. The maximum atomic E-state index is 5.82. The van der Waals surface area contributed by atoms with Gasteiger partial charge in [0.25, 0.3) is 0 Å². The molecule has 18 heavy (non-hydrogen) atoms. The van der Waals surface area contributed by atoms with Gasteiger partial charge in [-0.2, -0.15) is 0 Å². The molecule has 0 aromatic carbocycles. The van der Waals surface area contributed by atoms with Crippen molar-refractivity contribution in [3.63, 3.8) is 0 Å². The number of fused-ring (bicyclic) bond motifs is 1. The molecule has 5 nitrogen and oxygen atoms in total. The van der Waals surface area contributed by atoms with Crippen LogP contribution in [0.5, 0.6) is 0 Å². The third-order valence-corrected chi connectivity index (χ3v) is 4.27. The van der Waals surface area contributed by atoms with Crippen LogP contribution in [-0.2, 0) is 26.4 Å². The summed E-state index contributed by atoms with van der Waals surface area (Å²) in [6, 6.07) is 2.20. The van der Waals surface area contributed by atoms with E-state index in [9.17, 15) is 0 Å². The number of rotatable bonds is 3. The predicted octanol–water partition coefficient (Wildman–Crippen LogP) is 1.31. The highest BCUT2D eigenvalue weighted by molar-refractivity contribution is 7.99. The average molecular weight is 261 g/mol. The molecule has 2 aromatic heterocycles. The summed E-state index contributed by atoms with van der Waals surface area (Å²) in [5.41, 5.74) is 9.49. The van der Waals surface area contributed by atoms with Crippen molar-refractivity contribution in [1.82, 2.24) is 19.7 Å². The lowest BCUT2D eigenvalue weighted by molar-refractivity contribution is 0.784. The van der Waals surface area contributed by atoms with E-state index in [1.807, 2.05) is 11.6 Å². The fourth-order valence-corrected chi connectivity index (χ4v) is 3.07. The summed E-state index contributed by atoms with van der Waals surface area (Å²) in [5.74, 6) is 0. The van der Waals surface area contributed by atoms with Crippen molar-refractivity contribution in [1.29, 1.82) is 0 Å². The average Bonchev–Trinajstić information content (AvgIpc) is 2.98. The summed E-state index contributed by atoms with van der Waals surface area (Å²) in [5, 5.41) is 9.76. The van der Waals surface area contributed by atoms with Gasteiger partial charge in [-0.15, -0.1) is 10.2 Å². The first-order chi connectivity index (χ1) is 8.78. The van der Waals surface area contributed by atoms with E-state index in [2.05, 4.69) is 16.3 Å². The van der Waals surface area contributed by atoms with Crippen LogP contribution in [0, 0.1) is 0 Å². The minimum Gasteiger partial charge on any atom is -0.326 e. The number of nitrogens with two attached hydrogens (primary N) is 1. The molecule has 0 fully saturated rings. The van der Waals surface area contributed by atoms with Crippen LogP contribution in [-0.4, -0.2) is 19.7 Å². The highest BCUT2D eigenvalue weighted by atomic mass is 32.2. The Hall–Kier alpha value is -1.40. The monoisotopic (exact) mass is 261 g/mol. The molecule has 1 aliphatic carbocycles. The molecule has 0 radical (unpaired) electrons. The van der Waals surface area contributed by atoms with Gasteiger partial charge in [0.1, 0.15) is 11.4 Å². The van der Waals surface area contributed by atoms with Crippen LogP contribution < -0.4 is 5.73 Å². The first-order valence-corrected chi connectivity index (χ1v) is 6.83. The van der Waals surface area contributed by atoms with E-state index < -0.39 is 0 Å². The van der Waals surface area contributed by atoms with Gasteiger partial charge in [-0.3, -0.25) is 0 Å². The Labute approximate surface area is 110 Å². The molecular weight excluding hydrogens is 246 g/mol. The molecule has 2 N–H and O–H groups in total. The van der Waals surface area contributed by atoms with Crippen molar-refractivity contribution < 1.29 is 0 Å². The highest BCUT2D eigenvalue weighted by Gasteiger charge is 2.17. The van der Waals surface area contributed by atoms with Crippen molar-refractivity contribution in [3.8, 4) is 0 Å². The lowest BCUT2D eigenvalue weighted by atomic mass is 10.1. The fraction of sp³-hybridized carbons (Fsp3) is 0.417. The van der Waals surface area contributed by atoms with Crippen LogP contribution in [0.2, 0.25) is 0 Å². The van der Waals surface area contributed by atoms with E-state index in [-0.39, 0.29) is 0 Å². The summed E-state index contributed by atoms with van der Waals surface area (Å²) in [6.07, 6.45) is 5.10. The van der Waals surface area contributed by atoms with Crippen LogP contribution in [0.25, 0.3) is 0 Å². The number of hydrogen-bond donors (Lipinski definition) is 1. The van der Waals surface area contributed by atoms with Crippen LogP contribution in [0.15, 0.2) is 22.6 Å². The smallest absolute Gasteiger partial charge is 0.197 e. The van der Waals surface area contributed by atoms with Gasteiger partial charge in [0.2, 0.25) is 0 Å². The Morgan fingerprint density at radius 2 is 2.33 bits per heavy atom. The van der Waals surface area contributed by atoms with Gasteiger partial charge >= 0.3 is 0 Å². The van der Waals surface area contributed by atoms with Crippen LogP contribution in [0.3, 0.4) is 0 Å². The first kappa shape index (κ1) is 11.7. The van der Waals surface area contributed by atoms with Gasteiger partial charge in [-0.25, -0.2) is 4.98 Å². The quantitative estimate of drug-likeness (QED) is 0.902. The maximum Gasteiger partial charge on any atom is 0.197 e. The van der Waals surface area contributed by atoms with Crippen molar-refractivity contribution in [2.45, 2.75) is 36.0 Å². The molecule has 2 heterocycles. The summed E-state index contributed by atoms with van der Waals surface area (Å²) in [6.45, 7) is 0.514. The summed E-state index contributed by atoms with van der Waals surface area (Å²) in [7, 11) is 1.93. The van der Waals surface area contributed by atoms with Crippen LogP contribution in [0.4, 0.5) is 0 Å². The molecule has 0 bridgehead atoms. The molecule has 0 saturated heterocycles. The standard InChI is InChI=1S/C12H15N5S/c1-17-7-14-16-12(17)18-11-9(6-13)5-8-3-2-4-10(8)15-11/h5,7H,2-4,6,13H2,1H3. The summed E-state index contributed by atoms with van der Waals surface area (Å²) in [4.78, 5) is 4.74. The molecule has 0 unspecified atom stereocenters. The summed E-state index contributed by atoms with van der Waals surface area (Å²) >= 11 is 1.54. The molecule has 1 aliphatic rings. The van der Waals surface area contributed by atoms with E-state index in [1.54, 1.807) is 6.33 Å². The second-order valence-electron chi connectivity index (χ2n) is 4.44. The van der Waals surface area contributed by atoms with Gasteiger partial charge in [0.05, 0.1) is 0 Å². The molecule has 0 amide bonds. The van der Waals surface area contributed by atoms with E-state index >= 15 is 0 Å². The SMILES string of the molecule is Cn1cnnc1Sc1nc2c(cc1CN)CCC2. The Morgan fingerprint density at radius 3 is 3.06 bits per heavy atom. The minimum absolute atomic E-state index is 0.514. The molecule has 3 rings (SSSR count). The maximum absolute atomic E-state index is 5.82. The zero-order valence-electron chi connectivity index (χ0n) is 10.3. The number of nitrogens with zero attached hydrogens (tertiary/aromatic N) is 4.